The maximum atomic E-state index is 12.9. The molecule has 2 aromatic carbocycles. The fraction of sp³-hybridized carbons (Fsp3) is 0.111. The van der Waals surface area contributed by atoms with Gasteiger partial charge in [0.1, 0.15) is 11.5 Å². The molecule has 0 spiro atoms. The summed E-state index contributed by atoms with van der Waals surface area (Å²) in [5.74, 6) is 0.957. The van der Waals surface area contributed by atoms with E-state index >= 15 is 0 Å². The number of anilines is 1. The molecule has 1 amide bonds. The molecular formula is C18H14ClNO3S2. The first-order chi connectivity index (χ1) is 12.0. The Labute approximate surface area is 160 Å². The summed E-state index contributed by atoms with van der Waals surface area (Å²) < 4.78 is 11.0. The van der Waals surface area contributed by atoms with Crippen LogP contribution >= 0.6 is 35.6 Å². The number of thiocarbonyl (C=S) groups is 1. The van der Waals surface area contributed by atoms with E-state index in [9.17, 15) is 4.79 Å². The van der Waals surface area contributed by atoms with E-state index in [1.165, 1.54) is 23.8 Å². The first-order valence-corrected chi connectivity index (χ1v) is 8.89. The van der Waals surface area contributed by atoms with Crippen molar-refractivity contribution in [1.29, 1.82) is 0 Å². The fourth-order valence-electron chi connectivity index (χ4n) is 2.39. The highest BCUT2D eigenvalue weighted by atomic mass is 35.5. The average molecular weight is 392 g/mol. The van der Waals surface area contributed by atoms with Crippen LogP contribution in [0.2, 0.25) is 5.02 Å². The summed E-state index contributed by atoms with van der Waals surface area (Å²) in [5.41, 5.74) is 1.43. The van der Waals surface area contributed by atoms with Gasteiger partial charge in [-0.2, -0.15) is 0 Å². The standard InChI is InChI=1S/C18H14ClNO3S2/c1-22-13-6-7-14(15(10-13)23-2)20-17(21)16(25-18(20)24)9-11-4-3-5-12(19)8-11/h3-10H,1-2H3/b16-9-. The van der Waals surface area contributed by atoms with Crippen LogP contribution in [0.5, 0.6) is 11.5 Å². The van der Waals surface area contributed by atoms with Crippen LogP contribution in [0.3, 0.4) is 0 Å². The largest absolute Gasteiger partial charge is 0.497 e. The van der Waals surface area contributed by atoms with Gasteiger partial charge in [-0.3, -0.25) is 9.69 Å². The van der Waals surface area contributed by atoms with Gasteiger partial charge in [-0.1, -0.05) is 47.7 Å². The molecule has 25 heavy (non-hydrogen) atoms. The van der Waals surface area contributed by atoms with E-state index in [4.69, 9.17) is 33.3 Å². The molecule has 7 heteroatoms. The minimum absolute atomic E-state index is 0.196. The first kappa shape index (κ1) is 17.8. The van der Waals surface area contributed by atoms with Crippen molar-refractivity contribution in [2.45, 2.75) is 0 Å². The van der Waals surface area contributed by atoms with E-state index < -0.39 is 0 Å². The summed E-state index contributed by atoms with van der Waals surface area (Å²) in [6.07, 6.45) is 1.78. The third kappa shape index (κ3) is 3.66. The molecule has 0 aromatic heterocycles. The quantitative estimate of drug-likeness (QED) is 0.554. The van der Waals surface area contributed by atoms with E-state index in [0.717, 1.165) is 5.56 Å². The second kappa shape index (κ2) is 7.47. The Kier molecular flexibility index (Phi) is 5.32. The van der Waals surface area contributed by atoms with Crippen LogP contribution in [0, 0.1) is 0 Å². The lowest BCUT2D eigenvalue weighted by atomic mass is 10.2. The summed E-state index contributed by atoms with van der Waals surface area (Å²) >= 11 is 12.6. The maximum absolute atomic E-state index is 12.9. The van der Waals surface area contributed by atoms with Gasteiger partial charge in [0.25, 0.3) is 5.91 Å². The molecule has 1 heterocycles. The van der Waals surface area contributed by atoms with Gasteiger partial charge in [0.2, 0.25) is 0 Å². The number of halogens is 1. The molecule has 3 rings (SSSR count). The number of carbonyl (C=O) groups excluding carboxylic acids is 1. The zero-order valence-corrected chi connectivity index (χ0v) is 15.9. The number of hydrogen-bond donors (Lipinski definition) is 0. The molecule has 2 aromatic rings. The molecule has 1 aliphatic heterocycles. The zero-order valence-electron chi connectivity index (χ0n) is 13.5. The van der Waals surface area contributed by atoms with Gasteiger partial charge in [0, 0.05) is 11.1 Å². The van der Waals surface area contributed by atoms with Crippen molar-refractivity contribution < 1.29 is 14.3 Å². The normalized spacial score (nSPS) is 15.8. The van der Waals surface area contributed by atoms with E-state index in [0.29, 0.717) is 31.4 Å². The minimum atomic E-state index is -0.196. The Balaban J connectivity index is 1.97. The second-order valence-electron chi connectivity index (χ2n) is 5.11. The third-order valence-corrected chi connectivity index (χ3v) is 5.11. The molecule has 0 bridgehead atoms. The molecule has 0 unspecified atom stereocenters. The smallest absolute Gasteiger partial charge is 0.270 e. The molecule has 0 radical (unpaired) electrons. The van der Waals surface area contributed by atoms with Crippen molar-refractivity contribution in [1.82, 2.24) is 0 Å². The molecule has 0 saturated carbocycles. The van der Waals surface area contributed by atoms with Crippen molar-refractivity contribution in [2.24, 2.45) is 0 Å². The van der Waals surface area contributed by atoms with Crippen LogP contribution in [0.1, 0.15) is 5.56 Å². The van der Waals surface area contributed by atoms with Crippen LogP contribution in [-0.2, 0) is 4.79 Å². The van der Waals surface area contributed by atoms with Gasteiger partial charge in [-0.15, -0.1) is 0 Å². The maximum Gasteiger partial charge on any atom is 0.270 e. The van der Waals surface area contributed by atoms with Crippen molar-refractivity contribution in [3.05, 3.63) is 58.0 Å². The summed E-state index contributed by atoms with van der Waals surface area (Å²) in [6, 6.07) is 12.5. The molecule has 0 aliphatic carbocycles. The van der Waals surface area contributed by atoms with Crippen LogP contribution in [0.4, 0.5) is 5.69 Å². The number of carbonyl (C=O) groups is 1. The number of hydrogen-bond acceptors (Lipinski definition) is 5. The zero-order chi connectivity index (χ0) is 18.0. The molecule has 4 nitrogen and oxygen atoms in total. The Morgan fingerprint density at radius 3 is 2.64 bits per heavy atom. The lowest BCUT2D eigenvalue weighted by molar-refractivity contribution is -0.113. The summed E-state index contributed by atoms with van der Waals surface area (Å²) in [4.78, 5) is 14.9. The fourth-order valence-corrected chi connectivity index (χ4v) is 3.88. The number of rotatable bonds is 4. The monoisotopic (exact) mass is 391 g/mol. The first-order valence-electron chi connectivity index (χ1n) is 7.29. The van der Waals surface area contributed by atoms with Crippen molar-refractivity contribution in [2.75, 3.05) is 19.1 Å². The highest BCUT2D eigenvalue weighted by Gasteiger charge is 2.35. The summed E-state index contributed by atoms with van der Waals surface area (Å²) in [7, 11) is 3.11. The number of ether oxygens (including phenoxy) is 2. The molecule has 1 aliphatic rings. The Morgan fingerprint density at radius 2 is 1.96 bits per heavy atom. The molecule has 1 saturated heterocycles. The van der Waals surface area contributed by atoms with E-state index in [2.05, 4.69) is 0 Å². The SMILES string of the molecule is COc1ccc(N2C(=O)/C(=C/c3cccc(Cl)c3)SC2=S)c(OC)c1. The predicted octanol–water partition coefficient (Wildman–Crippen LogP) is 4.76. The number of nitrogens with zero attached hydrogens (tertiary/aromatic N) is 1. The summed E-state index contributed by atoms with van der Waals surface area (Å²) in [5, 5.41) is 0.612. The number of benzene rings is 2. The molecule has 128 valence electrons. The van der Waals surface area contributed by atoms with Gasteiger partial charge >= 0.3 is 0 Å². The molecular weight excluding hydrogens is 378 g/mol. The number of methoxy groups -OCH3 is 2. The third-order valence-electron chi connectivity index (χ3n) is 3.57. The molecule has 1 fully saturated rings. The average Bonchev–Trinajstić information content (AvgIpc) is 2.88. The molecule has 0 N–H and O–H groups in total. The predicted molar refractivity (Wildman–Crippen MR) is 107 cm³/mol. The van der Waals surface area contributed by atoms with Gasteiger partial charge in [0.15, 0.2) is 4.32 Å². The topological polar surface area (TPSA) is 38.8 Å². The number of amides is 1. The van der Waals surface area contributed by atoms with Crippen LogP contribution in [-0.4, -0.2) is 24.4 Å². The summed E-state index contributed by atoms with van der Waals surface area (Å²) in [6.45, 7) is 0. The van der Waals surface area contributed by atoms with Gasteiger partial charge < -0.3 is 9.47 Å². The Morgan fingerprint density at radius 1 is 1.16 bits per heavy atom. The molecule has 0 atom stereocenters. The van der Waals surface area contributed by atoms with Gasteiger partial charge in [0.05, 0.1) is 24.8 Å². The van der Waals surface area contributed by atoms with E-state index in [1.54, 1.807) is 43.5 Å². The lowest BCUT2D eigenvalue weighted by Crippen LogP contribution is -2.27. The van der Waals surface area contributed by atoms with Crippen LogP contribution in [0.15, 0.2) is 47.4 Å². The van der Waals surface area contributed by atoms with Crippen LogP contribution in [0.25, 0.3) is 6.08 Å². The van der Waals surface area contributed by atoms with E-state index in [-0.39, 0.29) is 5.91 Å². The van der Waals surface area contributed by atoms with Crippen LogP contribution < -0.4 is 14.4 Å². The number of thioether (sulfide) groups is 1. The van der Waals surface area contributed by atoms with Gasteiger partial charge in [-0.05, 0) is 35.9 Å². The minimum Gasteiger partial charge on any atom is -0.497 e. The van der Waals surface area contributed by atoms with Crippen molar-refractivity contribution >= 4 is 57.6 Å². The Hall–Kier alpha value is -2.02. The van der Waals surface area contributed by atoms with Crippen molar-refractivity contribution in [3.8, 4) is 11.5 Å². The Bertz CT molecular complexity index is 882. The lowest BCUT2D eigenvalue weighted by Gasteiger charge is -2.18. The second-order valence-corrected chi connectivity index (χ2v) is 7.22. The van der Waals surface area contributed by atoms with E-state index in [1.807, 2.05) is 12.1 Å². The highest BCUT2D eigenvalue weighted by molar-refractivity contribution is 8.27. The highest BCUT2D eigenvalue weighted by Crippen LogP contribution is 2.41. The van der Waals surface area contributed by atoms with Crippen molar-refractivity contribution in [3.63, 3.8) is 0 Å². The van der Waals surface area contributed by atoms with Gasteiger partial charge in [-0.25, -0.2) is 0 Å².